The summed E-state index contributed by atoms with van der Waals surface area (Å²) in [6, 6.07) is -0.718. The fraction of sp³-hybridized carbons (Fsp3) is 0.954. The summed E-state index contributed by atoms with van der Waals surface area (Å²) in [7, 11) is 0. The van der Waals surface area contributed by atoms with Crippen molar-refractivity contribution < 1.29 is 39.8 Å². The second kappa shape index (κ2) is 55.3. The van der Waals surface area contributed by atoms with Crippen LogP contribution in [0.1, 0.15) is 341 Å². The van der Waals surface area contributed by atoms with E-state index in [4.69, 9.17) is 9.47 Å². The van der Waals surface area contributed by atoms with Gasteiger partial charge in [-0.05, 0) is 38.5 Å². The lowest BCUT2D eigenvalue weighted by Crippen LogP contribution is -2.60. The molecular weight excluding hydrogens is 923 g/mol. The molecule has 1 saturated heterocycles. The molecule has 1 rings (SSSR count). The summed E-state index contributed by atoms with van der Waals surface area (Å²) in [5, 5.41) is 54.8. The molecule has 1 amide bonds. The van der Waals surface area contributed by atoms with E-state index >= 15 is 0 Å². The van der Waals surface area contributed by atoms with Crippen molar-refractivity contribution in [2.45, 2.75) is 384 Å². The van der Waals surface area contributed by atoms with Crippen molar-refractivity contribution in [2.24, 2.45) is 0 Å². The maximum absolute atomic E-state index is 13.1. The third-order valence-corrected chi connectivity index (χ3v) is 16.1. The average molecular weight is 1050 g/mol. The Labute approximate surface area is 458 Å². The highest BCUT2D eigenvalue weighted by Crippen LogP contribution is 2.24. The largest absolute Gasteiger partial charge is 0.394 e. The van der Waals surface area contributed by atoms with Gasteiger partial charge in [0.15, 0.2) is 6.29 Å². The molecule has 7 unspecified atom stereocenters. The van der Waals surface area contributed by atoms with Crippen molar-refractivity contribution in [1.82, 2.24) is 5.32 Å². The monoisotopic (exact) mass is 1050 g/mol. The zero-order chi connectivity index (χ0) is 53.6. The minimum absolute atomic E-state index is 0.134. The summed E-state index contributed by atoms with van der Waals surface area (Å²) in [5.74, 6) is -0.140. The Balaban J connectivity index is 2.10. The van der Waals surface area contributed by atoms with E-state index in [0.717, 1.165) is 38.5 Å². The average Bonchev–Trinajstić information content (AvgIpc) is 3.40. The Hall–Kier alpha value is -1.07. The molecule has 7 atom stereocenters. The number of hydrogen-bond acceptors (Lipinski definition) is 8. The molecule has 9 nitrogen and oxygen atoms in total. The molecule has 1 heterocycles. The van der Waals surface area contributed by atoms with Crippen LogP contribution in [-0.4, -0.2) is 87.5 Å². The van der Waals surface area contributed by atoms with Gasteiger partial charge in [-0.3, -0.25) is 4.79 Å². The SMILES string of the molecule is CCCCCCCC/C=C\CCCCCCCCCCCC(=O)NC(COC1OC(CO)C(O)C(O)C1O)C(O)CCCCCCCCCCCCCCCCCCCCCCCCCCCCCCCCCC. The van der Waals surface area contributed by atoms with E-state index < -0.39 is 49.5 Å². The minimum Gasteiger partial charge on any atom is -0.394 e. The number of allylic oxidation sites excluding steroid dienone is 2. The van der Waals surface area contributed by atoms with E-state index in [-0.39, 0.29) is 12.5 Å². The van der Waals surface area contributed by atoms with E-state index in [0.29, 0.717) is 12.8 Å². The lowest BCUT2D eigenvalue weighted by Gasteiger charge is -2.40. The molecule has 0 saturated carbocycles. The van der Waals surface area contributed by atoms with Crippen LogP contribution in [0.3, 0.4) is 0 Å². The number of amides is 1. The highest BCUT2D eigenvalue weighted by molar-refractivity contribution is 5.76. The lowest BCUT2D eigenvalue weighted by atomic mass is 9.99. The van der Waals surface area contributed by atoms with Gasteiger partial charge >= 0.3 is 0 Å². The standard InChI is InChI=1S/C65H127NO8/c1-3-5-7-9-11-13-15-17-19-21-23-24-25-26-27-28-29-30-31-32-33-34-35-37-38-40-42-44-46-48-50-52-54-59(68)58(57-73-65-64(72)63(71)62(70)60(56-67)74-65)66-61(69)55-53-51-49-47-45-43-41-39-36-22-20-18-16-14-12-10-8-6-4-2/h18,20,58-60,62-65,67-68,70-72H,3-17,19,21-57H2,1-2H3,(H,66,69)/b20-18-. The van der Waals surface area contributed by atoms with Gasteiger partial charge in [-0.15, -0.1) is 0 Å². The van der Waals surface area contributed by atoms with Crippen LogP contribution in [0.2, 0.25) is 0 Å². The number of aliphatic hydroxyl groups excluding tert-OH is 5. The van der Waals surface area contributed by atoms with Gasteiger partial charge in [-0.2, -0.15) is 0 Å². The van der Waals surface area contributed by atoms with Gasteiger partial charge in [0.1, 0.15) is 24.4 Å². The zero-order valence-electron chi connectivity index (χ0n) is 49.1. The molecule has 1 aliphatic rings. The highest BCUT2D eigenvalue weighted by Gasteiger charge is 2.44. The van der Waals surface area contributed by atoms with Gasteiger partial charge in [0.05, 0.1) is 25.4 Å². The predicted octanol–water partition coefficient (Wildman–Crippen LogP) is 17.1. The first-order chi connectivity index (χ1) is 36.3. The normalized spacial score (nSPS) is 18.9. The molecule has 9 heteroatoms. The number of aliphatic hydroxyl groups is 5. The van der Waals surface area contributed by atoms with Crippen LogP contribution >= 0.6 is 0 Å². The zero-order valence-corrected chi connectivity index (χ0v) is 49.1. The van der Waals surface area contributed by atoms with Crippen molar-refractivity contribution in [1.29, 1.82) is 0 Å². The summed E-state index contributed by atoms with van der Waals surface area (Å²) in [4.78, 5) is 13.1. The van der Waals surface area contributed by atoms with Gasteiger partial charge in [-0.25, -0.2) is 0 Å². The van der Waals surface area contributed by atoms with E-state index in [2.05, 4.69) is 31.3 Å². The number of rotatable bonds is 58. The van der Waals surface area contributed by atoms with Crippen LogP contribution in [0.15, 0.2) is 12.2 Å². The fourth-order valence-electron chi connectivity index (χ4n) is 10.9. The summed E-state index contributed by atoms with van der Waals surface area (Å²) in [6.07, 6.45) is 62.7. The van der Waals surface area contributed by atoms with Crippen LogP contribution < -0.4 is 5.32 Å². The van der Waals surface area contributed by atoms with E-state index in [9.17, 15) is 30.3 Å². The first kappa shape index (κ1) is 70.9. The number of nitrogens with one attached hydrogen (secondary N) is 1. The predicted molar refractivity (Wildman–Crippen MR) is 314 cm³/mol. The summed E-state index contributed by atoms with van der Waals surface area (Å²) in [6.45, 7) is 3.88. The molecule has 440 valence electrons. The van der Waals surface area contributed by atoms with Crippen LogP contribution in [0.25, 0.3) is 0 Å². The molecule has 6 N–H and O–H groups in total. The molecule has 1 fully saturated rings. The summed E-state index contributed by atoms with van der Waals surface area (Å²) >= 11 is 0. The van der Waals surface area contributed by atoms with Crippen molar-refractivity contribution in [3.05, 3.63) is 12.2 Å². The van der Waals surface area contributed by atoms with Gasteiger partial charge < -0.3 is 40.3 Å². The third kappa shape index (κ3) is 43.9. The van der Waals surface area contributed by atoms with E-state index in [1.165, 1.54) is 276 Å². The molecule has 0 aliphatic carbocycles. The Morgan fingerprint density at radius 3 is 1.09 bits per heavy atom. The Morgan fingerprint density at radius 2 is 0.757 bits per heavy atom. The minimum atomic E-state index is -1.55. The first-order valence-corrected chi connectivity index (χ1v) is 32.9. The van der Waals surface area contributed by atoms with Crippen molar-refractivity contribution in [3.63, 3.8) is 0 Å². The quantitative estimate of drug-likeness (QED) is 0.0261. The molecule has 0 aromatic carbocycles. The van der Waals surface area contributed by atoms with E-state index in [1.54, 1.807) is 0 Å². The number of ether oxygens (including phenoxy) is 2. The van der Waals surface area contributed by atoms with Crippen LogP contribution in [0, 0.1) is 0 Å². The van der Waals surface area contributed by atoms with Crippen molar-refractivity contribution >= 4 is 5.91 Å². The van der Waals surface area contributed by atoms with Crippen LogP contribution in [0.5, 0.6) is 0 Å². The fourth-order valence-corrected chi connectivity index (χ4v) is 10.9. The van der Waals surface area contributed by atoms with E-state index in [1.807, 2.05) is 0 Å². The maximum Gasteiger partial charge on any atom is 0.220 e. The second-order valence-electron chi connectivity index (χ2n) is 23.3. The molecule has 0 aromatic heterocycles. The Morgan fingerprint density at radius 1 is 0.446 bits per heavy atom. The summed E-state index contributed by atoms with van der Waals surface area (Å²) < 4.78 is 11.3. The number of carbonyl (C=O) groups excluding carboxylic acids is 1. The first-order valence-electron chi connectivity index (χ1n) is 32.9. The van der Waals surface area contributed by atoms with Gasteiger partial charge in [0.25, 0.3) is 0 Å². The lowest BCUT2D eigenvalue weighted by molar-refractivity contribution is -0.302. The molecular formula is C65H127NO8. The highest BCUT2D eigenvalue weighted by atomic mass is 16.7. The summed E-state index contributed by atoms with van der Waals surface area (Å²) in [5.41, 5.74) is 0. The molecule has 0 radical (unpaired) electrons. The Bertz CT molecular complexity index is 1170. The van der Waals surface area contributed by atoms with Gasteiger partial charge in [0, 0.05) is 6.42 Å². The molecule has 0 bridgehead atoms. The molecule has 1 aliphatic heterocycles. The molecule has 0 aromatic rings. The van der Waals surface area contributed by atoms with Crippen molar-refractivity contribution in [2.75, 3.05) is 13.2 Å². The number of unbranched alkanes of at least 4 members (excludes halogenated alkanes) is 46. The molecule has 0 spiro atoms. The number of hydrogen-bond donors (Lipinski definition) is 6. The second-order valence-corrected chi connectivity index (χ2v) is 23.3. The van der Waals surface area contributed by atoms with Crippen molar-refractivity contribution in [3.8, 4) is 0 Å². The van der Waals surface area contributed by atoms with Crippen LogP contribution in [-0.2, 0) is 14.3 Å². The smallest absolute Gasteiger partial charge is 0.220 e. The van der Waals surface area contributed by atoms with Crippen LogP contribution in [0.4, 0.5) is 0 Å². The topological polar surface area (TPSA) is 149 Å². The van der Waals surface area contributed by atoms with Gasteiger partial charge in [-0.1, -0.05) is 309 Å². The maximum atomic E-state index is 13.1. The Kier molecular flexibility index (Phi) is 53.0. The third-order valence-electron chi connectivity index (χ3n) is 16.1. The molecule has 74 heavy (non-hydrogen) atoms. The van der Waals surface area contributed by atoms with Gasteiger partial charge in [0.2, 0.25) is 5.91 Å². The number of carbonyl (C=O) groups is 1.